The topological polar surface area (TPSA) is 55.1 Å². The van der Waals surface area contributed by atoms with Gasteiger partial charge in [0.05, 0.1) is 5.69 Å². The second-order valence-electron chi connectivity index (χ2n) is 3.41. The van der Waals surface area contributed by atoms with Gasteiger partial charge < -0.3 is 9.67 Å². The van der Waals surface area contributed by atoms with Crippen molar-refractivity contribution in [3.05, 3.63) is 17.2 Å². The molecule has 1 heterocycles. The maximum atomic E-state index is 10.9. The number of imidazole rings is 1. The van der Waals surface area contributed by atoms with Crippen molar-refractivity contribution in [3.8, 4) is 0 Å². The van der Waals surface area contributed by atoms with Crippen LogP contribution in [0.15, 0.2) is 0 Å². The molecule has 0 saturated carbocycles. The molecule has 0 aliphatic heterocycles. The number of carbonyl (C=O) groups is 1. The Morgan fingerprint density at radius 1 is 1.54 bits per heavy atom. The lowest BCUT2D eigenvalue weighted by Gasteiger charge is -2.03. The van der Waals surface area contributed by atoms with Crippen LogP contribution in [0.25, 0.3) is 0 Å². The van der Waals surface area contributed by atoms with E-state index in [1.165, 1.54) is 0 Å². The average molecular weight is 182 g/mol. The number of carboxylic acids is 1. The number of hydrogen-bond donors (Lipinski definition) is 1. The zero-order valence-electron chi connectivity index (χ0n) is 8.33. The van der Waals surface area contributed by atoms with Crippen molar-refractivity contribution in [2.24, 2.45) is 7.05 Å². The molecule has 1 N–H and O–H groups in total. The normalized spacial score (nSPS) is 10.8. The summed E-state index contributed by atoms with van der Waals surface area (Å²) < 4.78 is 1.61. The van der Waals surface area contributed by atoms with E-state index in [-0.39, 0.29) is 5.92 Å². The zero-order valence-corrected chi connectivity index (χ0v) is 8.33. The minimum atomic E-state index is -0.910. The predicted molar refractivity (Wildman–Crippen MR) is 49.0 cm³/mol. The van der Waals surface area contributed by atoms with Gasteiger partial charge in [0.2, 0.25) is 0 Å². The van der Waals surface area contributed by atoms with Gasteiger partial charge in [-0.15, -0.1) is 0 Å². The molecule has 1 aromatic heterocycles. The molecule has 0 atom stereocenters. The molecule has 0 aliphatic rings. The Kier molecular flexibility index (Phi) is 2.40. The summed E-state index contributed by atoms with van der Waals surface area (Å²) in [6, 6.07) is 0. The summed E-state index contributed by atoms with van der Waals surface area (Å²) in [7, 11) is 1.72. The summed E-state index contributed by atoms with van der Waals surface area (Å²) in [5.41, 5.74) is 0.958. The van der Waals surface area contributed by atoms with E-state index < -0.39 is 5.97 Å². The number of hydrogen-bond acceptors (Lipinski definition) is 2. The third-order valence-electron chi connectivity index (χ3n) is 2.10. The molecule has 0 fully saturated rings. The predicted octanol–water partition coefficient (Wildman–Crippen LogP) is 1.55. The highest BCUT2D eigenvalue weighted by molar-refractivity contribution is 5.87. The molecule has 13 heavy (non-hydrogen) atoms. The van der Waals surface area contributed by atoms with Crippen LogP contribution in [0.5, 0.6) is 0 Å². The first-order valence-electron chi connectivity index (χ1n) is 4.21. The molecule has 0 radical (unpaired) electrons. The van der Waals surface area contributed by atoms with E-state index in [1.807, 2.05) is 13.8 Å². The Bertz CT molecular complexity index is 340. The van der Waals surface area contributed by atoms with Crippen LogP contribution in [0, 0.1) is 6.92 Å². The van der Waals surface area contributed by atoms with Crippen molar-refractivity contribution < 1.29 is 9.90 Å². The van der Waals surface area contributed by atoms with Crippen LogP contribution in [-0.2, 0) is 7.05 Å². The lowest BCUT2D eigenvalue weighted by Crippen LogP contribution is -2.08. The van der Waals surface area contributed by atoms with Gasteiger partial charge in [-0.05, 0) is 12.8 Å². The first-order chi connectivity index (χ1) is 5.95. The smallest absolute Gasteiger partial charge is 0.354 e. The molecule has 0 aliphatic carbocycles. The molecule has 72 valence electrons. The van der Waals surface area contributed by atoms with Crippen molar-refractivity contribution >= 4 is 5.97 Å². The van der Waals surface area contributed by atoms with E-state index in [4.69, 9.17) is 5.11 Å². The summed E-state index contributed by atoms with van der Waals surface area (Å²) in [6.07, 6.45) is 0. The molecule has 0 spiro atoms. The van der Waals surface area contributed by atoms with E-state index in [1.54, 1.807) is 18.5 Å². The quantitative estimate of drug-likeness (QED) is 0.755. The Balaban J connectivity index is 3.35. The van der Waals surface area contributed by atoms with Crippen molar-refractivity contribution in [1.29, 1.82) is 0 Å². The molecule has 0 bridgehead atoms. The summed E-state index contributed by atoms with van der Waals surface area (Å²) in [4.78, 5) is 15.1. The molecular formula is C9H14N2O2. The van der Waals surface area contributed by atoms with E-state index in [9.17, 15) is 4.79 Å². The highest BCUT2D eigenvalue weighted by Gasteiger charge is 2.20. The van der Waals surface area contributed by atoms with E-state index in [0.29, 0.717) is 11.4 Å². The van der Waals surface area contributed by atoms with Crippen LogP contribution < -0.4 is 0 Å². The zero-order chi connectivity index (χ0) is 10.2. The molecule has 0 saturated heterocycles. The van der Waals surface area contributed by atoms with Crippen molar-refractivity contribution in [3.63, 3.8) is 0 Å². The third kappa shape index (κ3) is 1.56. The van der Waals surface area contributed by atoms with Gasteiger partial charge >= 0.3 is 5.97 Å². The fraction of sp³-hybridized carbons (Fsp3) is 0.556. The number of aromatic carboxylic acids is 1. The van der Waals surface area contributed by atoms with Crippen molar-refractivity contribution in [2.75, 3.05) is 0 Å². The maximum absolute atomic E-state index is 10.9. The number of rotatable bonds is 2. The van der Waals surface area contributed by atoms with Gasteiger partial charge in [-0.1, -0.05) is 13.8 Å². The van der Waals surface area contributed by atoms with Gasteiger partial charge in [0, 0.05) is 7.05 Å². The molecule has 1 aromatic rings. The Hall–Kier alpha value is -1.32. The second kappa shape index (κ2) is 3.20. The average Bonchev–Trinajstić information content (AvgIpc) is 2.28. The van der Waals surface area contributed by atoms with Gasteiger partial charge in [0.1, 0.15) is 5.82 Å². The number of aromatic nitrogens is 2. The molecule has 4 nitrogen and oxygen atoms in total. The molecule has 1 rings (SSSR count). The second-order valence-corrected chi connectivity index (χ2v) is 3.41. The Labute approximate surface area is 77.2 Å². The summed E-state index contributed by atoms with van der Waals surface area (Å²) in [5, 5.41) is 8.95. The Morgan fingerprint density at radius 3 is 2.38 bits per heavy atom. The summed E-state index contributed by atoms with van der Waals surface area (Å²) >= 11 is 0. The minimum Gasteiger partial charge on any atom is -0.477 e. The van der Waals surface area contributed by atoms with Crippen LogP contribution >= 0.6 is 0 Å². The standard InChI is InChI=1S/C9H14N2O2/c1-5(2)7-8(9(12)13)11(4)6(3)10-7/h5H,1-4H3,(H,12,13). The Morgan fingerprint density at radius 2 is 2.08 bits per heavy atom. The van der Waals surface area contributed by atoms with Gasteiger partial charge in [-0.3, -0.25) is 0 Å². The molecule has 0 unspecified atom stereocenters. The highest BCUT2D eigenvalue weighted by Crippen LogP contribution is 2.18. The van der Waals surface area contributed by atoms with Crippen LogP contribution in [0.3, 0.4) is 0 Å². The van der Waals surface area contributed by atoms with Crippen molar-refractivity contribution in [2.45, 2.75) is 26.7 Å². The van der Waals surface area contributed by atoms with Crippen LogP contribution in [-0.4, -0.2) is 20.6 Å². The first-order valence-corrected chi connectivity index (χ1v) is 4.21. The van der Waals surface area contributed by atoms with E-state index in [2.05, 4.69) is 4.98 Å². The van der Waals surface area contributed by atoms with E-state index >= 15 is 0 Å². The molecular weight excluding hydrogens is 168 g/mol. The highest BCUT2D eigenvalue weighted by atomic mass is 16.4. The SMILES string of the molecule is Cc1nc(C(C)C)c(C(=O)O)n1C. The number of nitrogens with zero attached hydrogens (tertiary/aromatic N) is 2. The largest absolute Gasteiger partial charge is 0.477 e. The summed E-state index contributed by atoms with van der Waals surface area (Å²) in [6.45, 7) is 5.68. The fourth-order valence-corrected chi connectivity index (χ4v) is 1.29. The monoisotopic (exact) mass is 182 g/mol. The fourth-order valence-electron chi connectivity index (χ4n) is 1.29. The van der Waals surface area contributed by atoms with Crippen LogP contribution in [0.4, 0.5) is 0 Å². The molecule has 0 aromatic carbocycles. The van der Waals surface area contributed by atoms with Gasteiger partial charge in [-0.2, -0.15) is 0 Å². The molecule has 4 heteroatoms. The van der Waals surface area contributed by atoms with Gasteiger partial charge in [0.15, 0.2) is 5.69 Å². The first kappa shape index (κ1) is 9.77. The summed E-state index contributed by atoms with van der Waals surface area (Å²) in [5.74, 6) is -0.0288. The maximum Gasteiger partial charge on any atom is 0.354 e. The van der Waals surface area contributed by atoms with Crippen LogP contribution in [0.2, 0.25) is 0 Å². The van der Waals surface area contributed by atoms with Gasteiger partial charge in [0.25, 0.3) is 0 Å². The third-order valence-corrected chi connectivity index (χ3v) is 2.10. The number of aryl methyl sites for hydroxylation is 1. The lowest BCUT2D eigenvalue weighted by atomic mass is 10.1. The van der Waals surface area contributed by atoms with E-state index in [0.717, 1.165) is 5.82 Å². The lowest BCUT2D eigenvalue weighted by molar-refractivity contribution is 0.0684. The molecule has 0 amide bonds. The van der Waals surface area contributed by atoms with Gasteiger partial charge in [-0.25, -0.2) is 9.78 Å². The van der Waals surface area contributed by atoms with Crippen molar-refractivity contribution in [1.82, 2.24) is 9.55 Å². The number of carboxylic acid groups (broad SMARTS) is 1. The van der Waals surface area contributed by atoms with Crippen LogP contribution in [0.1, 0.15) is 41.8 Å². The minimum absolute atomic E-state index is 0.144.